The summed E-state index contributed by atoms with van der Waals surface area (Å²) in [4.78, 5) is 11.6. The van der Waals surface area contributed by atoms with Crippen molar-refractivity contribution in [3.63, 3.8) is 0 Å². The lowest BCUT2D eigenvalue weighted by atomic mass is 10.1. The smallest absolute Gasteiger partial charge is 0.309 e. The Balaban J connectivity index is 1.95. The molecule has 3 heteroatoms. The van der Waals surface area contributed by atoms with Crippen LogP contribution in [0.25, 0.3) is 0 Å². The topological polar surface area (TPSA) is 35.5 Å². The molecule has 0 heterocycles. The molecular formula is C16H22O3. The second kappa shape index (κ2) is 5.24. The van der Waals surface area contributed by atoms with E-state index in [9.17, 15) is 4.79 Å². The molecule has 0 aromatic heterocycles. The number of ether oxygens (including phenoxy) is 2. The molecule has 1 saturated carbocycles. The molecule has 1 aromatic rings. The van der Waals surface area contributed by atoms with Gasteiger partial charge in [-0.15, -0.1) is 0 Å². The summed E-state index contributed by atoms with van der Waals surface area (Å²) >= 11 is 0. The minimum Gasteiger partial charge on any atom is -0.488 e. The maximum absolute atomic E-state index is 11.6. The summed E-state index contributed by atoms with van der Waals surface area (Å²) in [5.41, 5.74) is 1.01. The summed E-state index contributed by atoms with van der Waals surface area (Å²) < 4.78 is 10.8. The van der Waals surface area contributed by atoms with Gasteiger partial charge >= 0.3 is 5.97 Å². The van der Waals surface area contributed by atoms with Crippen LogP contribution < -0.4 is 4.74 Å². The summed E-state index contributed by atoms with van der Waals surface area (Å²) in [5.74, 6) is 1.17. The van der Waals surface area contributed by atoms with E-state index in [4.69, 9.17) is 9.47 Å². The van der Waals surface area contributed by atoms with Gasteiger partial charge in [-0.1, -0.05) is 12.1 Å². The quantitative estimate of drug-likeness (QED) is 0.779. The third-order valence-electron chi connectivity index (χ3n) is 3.11. The minimum atomic E-state index is -0.186. The fourth-order valence-electron chi connectivity index (χ4n) is 2.21. The molecule has 0 unspecified atom stereocenters. The van der Waals surface area contributed by atoms with Gasteiger partial charge in [0, 0.05) is 0 Å². The summed E-state index contributed by atoms with van der Waals surface area (Å²) in [6.07, 6.45) is 0.901. The van der Waals surface area contributed by atoms with Gasteiger partial charge in [0.05, 0.1) is 12.5 Å². The third-order valence-corrected chi connectivity index (χ3v) is 3.11. The fraction of sp³-hybridized carbons (Fsp3) is 0.562. The number of benzene rings is 1. The van der Waals surface area contributed by atoms with Crippen molar-refractivity contribution in [3.05, 3.63) is 29.8 Å². The molecule has 3 nitrogen and oxygen atoms in total. The van der Waals surface area contributed by atoms with Crippen LogP contribution in [0.1, 0.15) is 45.6 Å². The van der Waals surface area contributed by atoms with E-state index in [2.05, 4.69) is 0 Å². The molecule has 104 valence electrons. The molecule has 2 atom stereocenters. The lowest BCUT2D eigenvalue weighted by Gasteiger charge is -2.21. The predicted molar refractivity (Wildman–Crippen MR) is 74.3 cm³/mol. The molecule has 1 aromatic carbocycles. The Kier molecular flexibility index (Phi) is 3.83. The first kappa shape index (κ1) is 13.9. The second-order valence-electron chi connectivity index (χ2n) is 5.98. The lowest BCUT2D eigenvalue weighted by molar-refractivity contribution is -0.144. The van der Waals surface area contributed by atoms with E-state index in [-0.39, 0.29) is 17.5 Å². The molecule has 0 saturated heterocycles. The van der Waals surface area contributed by atoms with E-state index in [1.807, 2.05) is 52.0 Å². The van der Waals surface area contributed by atoms with Gasteiger partial charge < -0.3 is 9.47 Å². The number of carbonyl (C=O) groups is 1. The van der Waals surface area contributed by atoms with Gasteiger partial charge in [0.2, 0.25) is 0 Å². The number of carbonyl (C=O) groups excluding carboxylic acids is 1. The molecule has 1 aliphatic carbocycles. The molecule has 1 aliphatic rings. The summed E-state index contributed by atoms with van der Waals surface area (Å²) in [5, 5.41) is 0. The molecule has 0 bridgehead atoms. The number of rotatable bonds is 4. The van der Waals surface area contributed by atoms with Crippen molar-refractivity contribution in [1.29, 1.82) is 0 Å². The average molecular weight is 262 g/mol. The van der Waals surface area contributed by atoms with Crippen molar-refractivity contribution in [1.82, 2.24) is 0 Å². The van der Waals surface area contributed by atoms with Gasteiger partial charge in [0.1, 0.15) is 11.4 Å². The molecular weight excluding hydrogens is 240 g/mol. The van der Waals surface area contributed by atoms with Gasteiger partial charge in [0.15, 0.2) is 0 Å². The van der Waals surface area contributed by atoms with Crippen molar-refractivity contribution in [2.75, 3.05) is 6.61 Å². The molecule has 0 N–H and O–H groups in total. The van der Waals surface area contributed by atoms with Crippen LogP contribution in [-0.4, -0.2) is 18.2 Å². The highest BCUT2D eigenvalue weighted by Crippen LogP contribution is 2.48. The van der Waals surface area contributed by atoms with E-state index >= 15 is 0 Å². The van der Waals surface area contributed by atoms with Gasteiger partial charge in [-0.25, -0.2) is 0 Å². The van der Waals surface area contributed by atoms with Crippen LogP contribution in [0.5, 0.6) is 5.75 Å². The SMILES string of the molecule is CCOC(=O)[C@@H]1C[C@H]1c1ccc(OC(C)(C)C)cc1. The highest BCUT2D eigenvalue weighted by atomic mass is 16.5. The fourth-order valence-corrected chi connectivity index (χ4v) is 2.21. The predicted octanol–water partition coefficient (Wildman–Crippen LogP) is 3.53. The van der Waals surface area contributed by atoms with E-state index in [0.29, 0.717) is 12.5 Å². The Morgan fingerprint density at radius 2 is 1.89 bits per heavy atom. The standard InChI is InChI=1S/C16H22O3/c1-5-18-15(17)14-10-13(14)11-6-8-12(9-7-11)19-16(2,3)4/h6-9,13-14H,5,10H2,1-4H3/t13-,14+/m0/s1. The maximum Gasteiger partial charge on any atom is 0.309 e. The summed E-state index contributed by atoms with van der Waals surface area (Å²) in [6.45, 7) is 8.38. The zero-order valence-electron chi connectivity index (χ0n) is 12.1. The highest BCUT2D eigenvalue weighted by Gasteiger charge is 2.45. The normalized spacial score (nSPS) is 21.9. The Morgan fingerprint density at radius 1 is 1.26 bits per heavy atom. The van der Waals surface area contributed by atoms with Gasteiger partial charge in [-0.3, -0.25) is 4.79 Å². The van der Waals surface area contributed by atoms with Crippen LogP contribution in [0.2, 0.25) is 0 Å². The maximum atomic E-state index is 11.6. The Bertz CT molecular complexity index is 442. The summed E-state index contributed by atoms with van der Waals surface area (Å²) in [7, 11) is 0. The van der Waals surface area contributed by atoms with E-state index in [1.165, 1.54) is 5.56 Å². The third kappa shape index (κ3) is 3.72. The van der Waals surface area contributed by atoms with Crippen LogP contribution in [0.15, 0.2) is 24.3 Å². The summed E-state index contributed by atoms with van der Waals surface area (Å²) in [6, 6.07) is 8.04. The number of hydrogen-bond acceptors (Lipinski definition) is 3. The molecule has 0 radical (unpaired) electrons. The zero-order valence-corrected chi connectivity index (χ0v) is 12.1. The van der Waals surface area contributed by atoms with Gasteiger partial charge in [0.25, 0.3) is 0 Å². The Hall–Kier alpha value is -1.51. The van der Waals surface area contributed by atoms with E-state index < -0.39 is 0 Å². The van der Waals surface area contributed by atoms with Crippen molar-refractivity contribution in [3.8, 4) is 5.75 Å². The van der Waals surface area contributed by atoms with E-state index in [0.717, 1.165) is 12.2 Å². The monoisotopic (exact) mass is 262 g/mol. The lowest BCUT2D eigenvalue weighted by Crippen LogP contribution is -2.22. The molecule has 1 fully saturated rings. The zero-order chi connectivity index (χ0) is 14.0. The number of hydrogen-bond donors (Lipinski definition) is 0. The largest absolute Gasteiger partial charge is 0.488 e. The molecule has 0 aliphatic heterocycles. The number of esters is 1. The van der Waals surface area contributed by atoms with Crippen molar-refractivity contribution >= 4 is 5.97 Å². The van der Waals surface area contributed by atoms with Crippen LogP contribution >= 0.6 is 0 Å². The highest BCUT2D eigenvalue weighted by molar-refractivity contribution is 5.77. The minimum absolute atomic E-state index is 0.0503. The van der Waals surface area contributed by atoms with Crippen LogP contribution in [-0.2, 0) is 9.53 Å². The van der Waals surface area contributed by atoms with E-state index in [1.54, 1.807) is 0 Å². The van der Waals surface area contributed by atoms with Crippen molar-refractivity contribution < 1.29 is 14.3 Å². The molecule has 19 heavy (non-hydrogen) atoms. The molecule has 0 amide bonds. The molecule has 0 spiro atoms. The van der Waals surface area contributed by atoms with Crippen LogP contribution in [0.4, 0.5) is 0 Å². The first-order valence-corrected chi connectivity index (χ1v) is 6.86. The van der Waals surface area contributed by atoms with Crippen LogP contribution in [0.3, 0.4) is 0 Å². The first-order valence-electron chi connectivity index (χ1n) is 6.86. The van der Waals surface area contributed by atoms with Crippen LogP contribution in [0, 0.1) is 5.92 Å². The second-order valence-corrected chi connectivity index (χ2v) is 5.98. The first-order chi connectivity index (χ1) is 8.90. The Morgan fingerprint density at radius 3 is 2.42 bits per heavy atom. The van der Waals surface area contributed by atoms with Gasteiger partial charge in [-0.05, 0) is 57.7 Å². The van der Waals surface area contributed by atoms with Crippen molar-refractivity contribution in [2.45, 2.75) is 45.6 Å². The molecule has 2 rings (SSSR count). The van der Waals surface area contributed by atoms with Crippen molar-refractivity contribution in [2.24, 2.45) is 5.92 Å². The van der Waals surface area contributed by atoms with Gasteiger partial charge in [-0.2, -0.15) is 0 Å². The average Bonchev–Trinajstić information content (AvgIpc) is 3.08. The Labute approximate surface area is 114 Å².